The number of thiophene rings is 1. The molecule has 7 heteroatoms. The molecule has 1 unspecified atom stereocenters. The van der Waals surface area contributed by atoms with E-state index >= 15 is 0 Å². The number of rotatable bonds is 6. The van der Waals surface area contributed by atoms with Crippen LogP contribution in [0.15, 0.2) is 0 Å². The molecule has 1 heterocycles. The maximum atomic E-state index is 12.5. The predicted octanol–water partition coefficient (Wildman–Crippen LogP) is 2.55. The van der Waals surface area contributed by atoms with Gasteiger partial charge in [0.15, 0.2) is 0 Å². The van der Waals surface area contributed by atoms with Crippen molar-refractivity contribution >= 4 is 34.1 Å². The zero-order chi connectivity index (χ0) is 17.0. The number of nitrogens with one attached hydrogen (secondary N) is 2. The molecule has 0 aliphatic carbocycles. The van der Waals surface area contributed by atoms with Crippen molar-refractivity contribution in [1.82, 2.24) is 5.32 Å². The molecule has 22 heavy (non-hydrogen) atoms. The summed E-state index contributed by atoms with van der Waals surface area (Å²) in [5, 5.41) is 14.9. The Labute approximate surface area is 133 Å². The van der Waals surface area contributed by atoms with E-state index in [1.165, 1.54) is 11.3 Å². The van der Waals surface area contributed by atoms with E-state index in [1.807, 2.05) is 6.92 Å². The van der Waals surface area contributed by atoms with Crippen LogP contribution in [-0.2, 0) is 9.59 Å². The zero-order valence-corrected chi connectivity index (χ0v) is 14.3. The van der Waals surface area contributed by atoms with E-state index in [4.69, 9.17) is 0 Å². The van der Waals surface area contributed by atoms with Gasteiger partial charge in [-0.3, -0.25) is 9.59 Å². The molecule has 0 spiro atoms. The number of anilines is 1. The molecule has 0 aliphatic heterocycles. The van der Waals surface area contributed by atoms with Crippen LogP contribution in [0.2, 0.25) is 0 Å². The molecule has 1 rings (SSSR count). The molecule has 6 nitrogen and oxygen atoms in total. The lowest BCUT2D eigenvalue weighted by molar-refractivity contribution is -0.140. The molecule has 0 saturated heterocycles. The zero-order valence-electron chi connectivity index (χ0n) is 13.4. The van der Waals surface area contributed by atoms with Gasteiger partial charge in [0.05, 0.1) is 5.56 Å². The van der Waals surface area contributed by atoms with Gasteiger partial charge in [0.1, 0.15) is 11.0 Å². The topological polar surface area (TPSA) is 95.5 Å². The van der Waals surface area contributed by atoms with E-state index in [2.05, 4.69) is 10.6 Å². The fourth-order valence-corrected chi connectivity index (χ4v) is 3.00. The average molecular weight is 326 g/mol. The monoisotopic (exact) mass is 326 g/mol. The number of hydrogen-bond donors (Lipinski definition) is 3. The minimum atomic E-state index is -1.08. The number of aryl methyl sites for hydroxylation is 1. The van der Waals surface area contributed by atoms with Gasteiger partial charge in [-0.25, -0.2) is 4.79 Å². The summed E-state index contributed by atoms with van der Waals surface area (Å²) in [6.45, 7) is 8.82. The van der Waals surface area contributed by atoms with Crippen molar-refractivity contribution in [3.05, 3.63) is 16.0 Å². The lowest BCUT2D eigenvalue weighted by Gasteiger charge is -2.18. The summed E-state index contributed by atoms with van der Waals surface area (Å²) in [4.78, 5) is 36.2. The van der Waals surface area contributed by atoms with Crippen molar-refractivity contribution in [2.24, 2.45) is 5.92 Å². The third-order valence-corrected chi connectivity index (χ3v) is 4.53. The number of aliphatic carboxylic acids is 1. The molecule has 122 valence electrons. The first-order chi connectivity index (χ1) is 10.2. The minimum Gasteiger partial charge on any atom is -0.480 e. The van der Waals surface area contributed by atoms with E-state index in [-0.39, 0.29) is 11.8 Å². The highest BCUT2D eigenvalue weighted by Gasteiger charge is 2.27. The maximum absolute atomic E-state index is 12.5. The van der Waals surface area contributed by atoms with Crippen LogP contribution >= 0.6 is 11.3 Å². The first-order valence-corrected chi connectivity index (χ1v) is 7.94. The smallest absolute Gasteiger partial charge is 0.326 e. The summed E-state index contributed by atoms with van der Waals surface area (Å²) < 4.78 is 0. The number of carboxylic acid groups (broad SMARTS) is 1. The van der Waals surface area contributed by atoms with Crippen LogP contribution in [0, 0.1) is 19.8 Å². The quantitative estimate of drug-likeness (QED) is 0.748. The van der Waals surface area contributed by atoms with Gasteiger partial charge in [-0.15, -0.1) is 11.3 Å². The van der Waals surface area contributed by atoms with E-state index in [1.54, 1.807) is 27.7 Å². The van der Waals surface area contributed by atoms with Gasteiger partial charge < -0.3 is 15.7 Å². The molecule has 1 atom stereocenters. The largest absolute Gasteiger partial charge is 0.480 e. The van der Waals surface area contributed by atoms with Crippen LogP contribution in [0.1, 0.15) is 48.0 Å². The first-order valence-electron chi connectivity index (χ1n) is 7.12. The van der Waals surface area contributed by atoms with Gasteiger partial charge in [0.25, 0.3) is 5.91 Å². The Morgan fingerprint density at radius 1 is 1.23 bits per heavy atom. The molecule has 0 fully saturated rings. The molecule has 2 amide bonds. The lowest BCUT2D eigenvalue weighted by Crippen LogP contribution is -2.44. The Hall–Kier alpha value is -1.89. The van der Waals surface area contributed by atoms with Crippen LogP contribution < -0.4 is 10.6 Å². The number of hydrogen-bond acceptors (Lipinski definition) is 4. The minimum absolute atomic E-state index is 0.186. The maximum Gasteiger partial charge on any atom is 0.326 e. The number of amides is 2. The first kappa shape index (κ1) is 18.2. The van der Waals surface area contributed by atoms with Gasteiger partial charge >= 0.3 is 5.97 Å². The van der Waals surface area contributed by atoms with Crippen molar-refractivity contribution in [3.63, 3.8) is 0 Å². The molecule has 1 aromatic heterocycles. The van der Waals surface area contributed by atoms with Gasteiger partial charge in [-0.1, -0.05) is 20.8 Å². The van der Waals surface area contributed by atoms with Crippen LogP contribution in [0.4, 0.5) is 5.00 Å². The fraction of sp³-hybridized carbons (Fsp3) is 0.533. The molecule has 0 bridgehead atoms. The predicted molar refractivity (Wildman–Crippen MR) is 86.4 cm³/mol. The summed E-state index contributed by atoms with van der Waals surface area (Å²) in [7, 11) is 0. The van der Waals surface area contributed by atoms with E-state index in [0.717, 1.165) is 10.4 Å². The van der Waals surface area contributed by atoms with Crippen LogP contribution in [-0.4, -0.2) is 28.9 Å². The Morgan fingerprint density at radius 2 is 1.82 bits per heavy atom. The molecule has 3 N–H and O–H groups in total. The fourth-order valence-electron chi connectivity index (χ4n) is 1.93. The number of carbonyl (C=O) groups is 3. The summed E-state index contributed by atoms with van der Waals surface area (Å²) in [5.74, 6) is -1.98. The van der Waals surface area contributed by atoms with Crippen LogP contribution in [0.25, 0.3) is 0 Å². The number of carboxylic acids is 1. The normalized spacial score (nSPS) is 12.1. The van der Waals surface area contributed by atoms with Crippen LogP contribution in [0.3, 0.4) is 0 Å². The van der Waals surface area contributed by atoms with Crippen molar-refractivity contribution in [2.75, 3.05) is 5.32 Å². The molecule has 0 radical (unpaired) electrons. The van der Waals surface area contributed by atoms with E-state index in [0.29, 0.717) is 17.0 Å². The molecule has 0 aliphatic rings. The Bertz CT molecular complexity index is 593. The second-order valence-corrected chi connectivity index (χ2v) is 6.65. The van der Waals surface area contributed by atoms with Crippen molar-refractivity contribution in [3.8, 4) is 0 Å². The van der Waals surface area contributed by atoms with E-state index < -0.39 is 17.9 Å². The van der Waals surface area contributed by atoms with Gasteiger partial charge in [-0.05, 0) is 25.3 Å². The molecule has 1 aromatic rings. The molecule has 0 aromatic carbocycles. The summed E-state index contributed by atoms with van der Waals surface area (Å²) in [5.41, 5.74) is 1.10. The molecule has 0 saturated carbocycles. The van der Waals surface area contributed by atoms with Crippen molar-refractivity contribution < 1.29 is 19.5 Å². The lowest BCUT2D eigenvalue weighted by atomic mass is 10.0. The van der Waals surface area contributed by atoms with Crippen molar-refractivity contribution in [2.45, 2.75) is 47.1 Å². The van der Waals surface area contributed by atoms with Gasteiger partial charge in [0.2, 0.25) is 5.91 Å². The third kappa shape index (κ3) is 4.07. The Morgan fingerprint density at radius 3 is 2.27 bits per heavy atom. The Balaban J connectivity index is 3.11. The summed E-state index contributed by atoms with van der Waals surface area (Å²) >= 11 is 1.32. The summed E-state index contributed by atoms with van der Waals surface area (Å²) in [6.07, 6.45) is 0.306. The molecular formula is C15H22N2O4S. The highest BCUT2D eigenvalue weighted by Crippen LogP contribution is 2.32. The van der Waals surface area contributed by atoms with Gasteiger partial charge in [0, 0.05) is 11.3 Å². The second-order valence-electron chi connectivity index (χ2n) is 5.42. The van der Waals surface area contributed by atoms with Gasteiger partial charge in [-0.2, -0.15) is 0 Å². The Kier molecular flexibility index (Phi) is 6.11. The third-order valence-electron chi connectivity index (χ3n) is 3.41. The SMILES string of the molecule is CCC(=O)Nc1sc(C)c(C)c1C(=O)NC(C(=O)O)C(C)C. The van der Waals surface area contributed by atoms with Crippen molar-refractivity contribution in [1.29, 1.82) is 0 Å². The standard InChI is InChI=1S/C15H22N2O4S/c1-6-10(18)16-14-11(8(4)9(5)22-14)13(19)17-12(7(2)3)15(20)21/h7,12H,6H2,1-5H3,(H,16,18)(H,17,19)(H,20,21). The van der Waals surface area contributed by atoms with E-state index in [9.17, 15) is 19.5 Å². The summed E-state index contributed by atoms with van der Waals surface area (Å²) in [6, 6.07) is -0.971. The second kappa shape index (κ2) is 7.40. The highest BCUT2D eigenvalue weighted by atomic mass is 32.1. The average Bonchev–Trinajstić information content (AvgIpc) is 2.70. The van der Waals surface area contributed by atoms with Crippen LogP contribution in [0.5, 0.6) is 0 Å². The molecular weight excluding hydrogens is 304 g/mol. The highest BCUT2D eigenvalue weighted by molar-refractivity contribution is 7.16. The number of carbonyl (C=O) groups excluding carboxylic acids is 2.